The van der Waals surface area contributed by atoms with E-state index >= 15 is 0 Å². The van der Waals surface area contributed by atoms with Gasteiger partial charge in [-0.25, -0.2) is 14.8 Å². The molecule has 5 rings (SSSR count). The number of carbonyl (C=O) groups excluding carboxylic acids is 1. The molecule has 12 heteroatoms. The molecule has 12 nitrogen and oxygen atoms in total. The molecule has 192 valence electrons. The van der Waals surface area contributed by atoms with Gasteiger partial charge in [-0.05, 0) is 52.2 Å². The maximum Gasteiger partial charge on any atom is 0.260 e. The van der Waals surface area contributed by atoms with Crippen LogP contribution in [0, 0.1) is 6.57 Å². The zero-order chi connectivity index (χ0) is 27.4. The van der Waals surface area contributed by atoms with Crippen molar-refractivity contribution >= 4 is 39.6 Å². The van der Waals surface area contributed by atoms with Gasteiger partial charge in [0, 0.05) is 18.1 Å². The lowest BCUT2D eigenvalue weighted by Crippen LogP contribution is -2.13. The van der Waals surface area contributed by atoms with Crippen molar-refractivity contribution in [3.05, 3.63) is 101 Å². The van der Waals surface area contributed by atoms with Crippen molar-refractivity contribution in [2.75, 3.05) is 5.32 Å². The minimum Gasteiger partial charge on any atom is -0.505 e. The number of aromatic hydroxyl groups is 1. The summed E-state index contributed by atoms with van der Waals surface area (Å²) in [6, 6.07) is 14.7. The molecular formula is C27H20N8O4. The first-order valence-corrected chi connectivity index (χ1v) is 11.6. The molecule has 0 saturated heterocycles. The van der Waals surface area contributed by atoms with E-state index in [0.717, 1.165) is 0 Å². The van der Waals surface area contributed by atoms with Gasteiger partial charge < -0.3 is 20.6 Å². The maximum absolute atomic E-state index is 13.4. The zero-order valence-corrected chi connectivity index (χ0v) is 20.2. The fraction of sp³-hybridized carbons (Fsp3) is 0.0741. The number of azo groups is 1. The van der Waals surface area contributed by atoms with E-state index in [-0.39, 0.29) is 41.9 Å². The van der Waals surface area contributed by atoms with Gasteiger partial charge in [-0.2, -0.15) is 9.78 Å². The molecule has 0 atom stereocenters. The number of fused-ring (bicyclic) bond motifs is 1. The van der Waals surface area contributed by atoms with Crippen LogP contribution < -0.4 is 5.32 Å². The summed E-state index contributed by atoms with van der Waals surface area (Å²) in [4.78, 5) is 25.0. The molecule has 0 bridgehead atoms. The Kier molecular flexibility index (Phi) is 7.00. The molecule has 0 aliphatic heterocycles. The van der Waals surface area contributed by atoms with Gasteiger partial charge in [-0.1, -0.05) is 24.3 Å². The largest absolute Gasteiger partial charge is 0.505 e. The number of hydrogen-bond acceptors (Lipinski definition) is 9. The van der Waals surface area contributed by atoms with Gasteiger partial charge in [0.15, 0.2) is 11.6 Å². The van der Waals surface area contributed by atoms with Gasteiger partial charge in [0.2, 0.25) is 0 Å². The van der Waals surface area contributed by atoms with Crippen molar-refractivity contribution in [3.63, 3.8) is 0 Å². The minimum absolute atomic E-state index is 0.0368. The highest BCUT2D eigenvalue weighted by atomic mass is 16.3. The second kappa shape index (κ2) is 10.9. The van der Waals surface area contributed by atoms with E-state index in [1.165, 1.54) is 29.3 Å². The number of anilines is 1. The summed E-state index contributed by atoms with van der Waals surface area (Å²) in [6.07, 6.45) is 4.32. The van der Waals surface area contributed by atoms with Crippen LogP contribution in [0.25, 0.3) is 21.6 Å². The number of aromatic nitrogens is 4. The molecule has 0 radical (unpaired) electrons. The molecule has 0 spiro atoms. The summed E-state index contributed by atoms with van der Waals surface area (Å²) in [5.41, 5.74) is 1.71. The second-order valence-corrected chi connectivity index (χ2v) is 8.27. The van der Waals surface area contributed by atoms with Crippen LogP contribution in [-0.2, 0) is 13.2 Å². The summed E-state index contributed by atoms with van der Waals surface area (Å²) in [7, 11) is 0. The standard InChI is InChI=1S/C27H20N8O4/c1-28-22-13-31-35(27-29-9-2-10-30-27)25(22)34-33-21-12-18-11-17(15-37)5-8-20(18)23(24(21)38)26(39)32-19-6-3-16(14-36)4-7-19/h2-13,36-38H,14-15H2,(H,32,39). The van der Waals surface area contributed by atoms with Crippen molar-refractivity contribution in [2.24, 2.45) is 10.2 Å². The molecule has 0 fully saturated rings. The number of rotatable bonds is 7. The lowest BCUT2D eigenvalue weighted by atomic mass is 9.99. The number of carbonyl (C=O) groups is 1. The van der Waals surface area contributed by atoms with Crippen molar-refractivity contribution in [3.8, 4) is 11.7 Å². The van der Waals surface area contributed by atoms with Gasteiger partial charge >= 0.3 is 0 Å². The third-order valence-corrected chi connectivity index (χ3v) is 5.80. The van der Waals surface area contributed by atoms with Crippen LogP contribution in [0.4, 0.5) is 22.9 Å². The van der Waals surface area contributed by atoms with E-state index in [1.54, 1.807) is 48.5 Å². The topological polar surface area (TPSA) is 162 Å². The molecule has 4 N–H and O–H groups in total. The van der Waals surface area contributed by atoms with Crippen molar-refractivity contribution < 1.29 is 20.1 Å². The molecule has 0 aliphatic rings. The number of hydrogen-bond donors (Lipinski definition) is 4. The van der Waals surface area contributed by atoms with Crippen LogP contribution in [0.15, 0.2) is 83.4 Å². The van der Waals surface area contributed by atoms with Gasteiger partial charge in [-0.15, -0.1) is 10.2 Å². The van der Waals surface area contributed by atoms with Gasteiger partial charge in [-0.3, -0.25) is 4.79 Å². The first kappa shape index (κ1) is 25.2. The third kappa shape index (κ3) is 5.03. The van der Waals surface area contributed by atoms with Gasteiger partial charge in [0.1, 0.15) is 5.69 Å². The number of aliphatic hydroxyl groups is 2. The Morgan fingerprint density at radius 1 is 1.00 bits per heavy atom. The van der Waals surface area contributed by atoms with E-state index in [9.17, 15) is 20.1 Å². The van der Waals surface area contributed by atoms with Crippen molar-refractivity contribution in [1.82, 2.24) is 19.7 Å². The smallest absolute Gasteiger partial charge is 0.260 e. The van der Waals surface area contributed by atoms with Crippen molar-refractivity contribution in [2.45, 2.75) is 13.2 Å². The maximum atomic E-state index is 13.4. The number of amides is 1. The molecule has 0 saturated carbocycles. The number of benzene rings is 3. The molecular weight excluding hydrogens is 500 g/mol. The van der Waals surface area contributed by atoms with Crippen LogP contribution in [0.2, 0.25) is 0 Å². The van der Waals surface area contributed by atoms with Crippen LogP contribution in [0.1, 0.15) is 21.5 Å². The van der Waals surface area contributed by atoms with E-state index in [2.05, 4.69) is 35.5 Å². The summed E-state index contributed by atoms with van der Waals surface area (Å²) >= 11 is 0. The fourth-order valence-corrected chi connectivity index (χ4v) is 3.88. The molecule has 2 heterocycles. The van der Waals surface area contributed by atoms with Gasteiger partial charge in [0.05, 0.1) is 31.5 Å². The highest BCUT2D eigenvalue weighted by Crippen LogP contribution is 2.39. The van der Waals surface area contributed by atoms with E-state index in [4.69, 9.17) is 6.57 Å². The zero-order valence-electron chi connectivity index (χ0n) is 20.2. The first-order valence-electron chi connectivity index (χ1n) is 11.6. The second-order valence-electron chi connectivity index (χ2n) is 8.27. The van der Waals surface area contributed by atoms with Crippen LogP contribution >= 0.6 is 0 Å². The summed E-state index contributed by atoms with van der Waals surface area (Å²) in [5, 5.41) is 46.2. The number of phenolic OH excluding ortho intramolecular Hbond substituents is 1. The lowest BCUT2D eigenvalue weighted by molar-refractivity contribution is 0.102. The minimum atomic E-state index is -0.604. The Labute approximate surface area is 221 Å². The third-order valence-electron chi connectivity index (χ3n) is 5.80. The fourth-order valence-electron chi connectivity index (χ4n) is 3.88. The van der Waals surface area contributed by atoms with Crippen LogP contribution in [-0.4, -0.2) is 41.0 Å². The monoisotopic (exact) mass is 520 g/mol. The van der Waals surface area contributed by atoms with E-state index in [0.29, 0.717) is 27.6 Å². The summed E-state index contributed by atoms with van der Waals surface area (Å²) in [5.74, 6) is -0.828. The number of nitrogens with zero attached hydrogens (tertiary/aromatic N) is 7. The van der Waals surface area contributed by atoms with E-state index < -0.39 is 11.7 Å². The molecule has 0 unspecified atom stereocenters. The number of nitrogens with one attached hydrogen (secondary N) is 1. The van der Waals surface area contributed by atoms with Crippen LogP contribution in [0.5, 0.6) is 5.75 Å². The predicted molar refractivity (Wildman–Crippen MR) is 141 cm³/mol. The van der Waals surface area contributed by atoms with Crippen molar-refractivity contribution in [1.29, 1.82) is 0 Å². The SMILES string of the molecule is [C-]#[N+]c1cnn(-c2ncccn2)c1N=Nc1cc2cc(CO)ccc2c(C(=O)Nc2ccc(CO)cc2)c1O. The Morgan fingerprint density at radius 3 is 2.41 bits per heavy atom. The summed E-state index contributed by atoms with van der Waals surface area (Å²) < 4.78 is 1.24. The van der Waals surface area contributed by atoms with Gasteiger partial charge in [0.25, 0.3) is 17.5 Å². The Morgan fingerprint density at radius 2 is 1.72 bits per heavy atom. The Hall–Kier alpha value is -5.51. The Bertz CT molecular complexity index is 1740. The Balaban J connectivity index is 1.60. The molecule has 1 amide bonds. The molecule has 5 aromatic rings. The highest BCUT2D eigenvalue weighted by Gasteiger charge is 2.21. The first-order chi connectivity index (χ1) is 19.0. The number of phenols is 1. The molecule has 39 heavy (non-hydrogen) atoms. The molecule has 2 aromatic heterocycles. The highest BCUT2D eigenvalue weighted by molar-refractivity contribution is 6.16. The van der Waals surface area contributed by atoms with Crippen LogP contribution in [0.3, 0.4) is 0 Å². The molecule has 0 aliphatic carbocycles. The number of aliphatic hydroxyl groups excluding tert-OH is 2. The summed E-state index contributed by atoms with van der Waals surface area (Å²) in [6.45, 7) is 7.09. The normalized spacial score (nSPS) is 11.1. The van der Waals surface area contributed by atoms with E-state index in [1.807, 2.05) is 0 Å². The average molecular weight is 521 g/mol. The lowest BCUT2D eigenvalue weighted by Gasteiger charge is -2.13. The predicted octanol–water partition coefficient (Wildman–Crippen LogP) is 4.72. The quantitative estimate of drug-likeness (QED) is 0.178. The molecule has 3 aromatic carbocycles. The average Bonchev–Trinajstić information content (AvgIpc) is 3.39.